The predicted octanol–water partition coefficient (Wildman–Crippen LogP) is 0.924. The van der Waals surface area contributed by atoms with Gasteiger partial charge in [-0.3, -0.25) is 14.6 Å². The number of methoxy groups -OCH3 is 1. The van der Waals surface area contributed by atoms with Crippen molar-refractivity contribution < 1.29 is 22.7 Å². The maximum Gasteiger partial charge on any atom is 0.309 e. The summed E-state index contributed by atoms with van der Waals surface area (Å²) in [7, 11) is -1.98. The Morgan fingerprint density at radius 1 is 1.10 bits per heavy atom. The van der Waals surface area contributed by atoms with Gasteiger partial charge in [-0.15, -0.1) is 0 Å². The minimum Gasteiger partial charge on any atom is -0.497 e. The van der Waals surface area contributed by atoms with Gasteiger partial charge in [0, 0.05) is 38.6 Å². The molecule has 0 bridgehead atoms. The largest absolute Gasteiger partial charge is 0.497 e. The maximum atomic E-state index is 12.6. The van der Waals surface area contributed by atoms with E-state index in [2.05, 4.69) is 15.6 Å². The summed E-state index contributed by atoms with van der Waals surface area (Å²) in [5, 5.41) is 5.23. The number of sulfonamides is 1. The Morgan fingerprint density at radius 3 is 2.39 bits per heavy atom. The molecular weight excluding hydrogens is 420 g/mol. The highest BCUT2D eigenvalue weighted by atomic mass is 32.2. The fraction of sp³-hybridized carbons (Fsp3) is 0.381. The molecule has 0 atom stereocenters. The number of hydrogen-bond donors (Lipinski definition) is 2. The van der Waals surface area contributed by atoms with Crippen molar-refractivity contribution in [2.45, 2.75) is 24.3 Å². The molecule has 1 aliphatic rings. The molecule has 2 amide bonds. The first-order valence-corrected chi connectivity index (χ1v) is 11.4. The summed E-state index contributed by atoms with van der Waals surface area (Å²) in [6.07, 6.45) is 4.08. The van der Waals surface area contributed by atoms with Crippen LogP contribution in [-0.4, -0.2) is 56.3 Å². The van der Waals surface area contributed by atoms with Crippen molar-refractivity contribution >= 4 is 21.8 Å². The summed E-state index contributed by atoms with van der Waals surface area (Å²) in [5.74, 6) is -0.572. The first-order valence-electron chi connectivity index (χ1n) is 9.99. The molecule has 9 nitrogen and oxygen atoms in total. The van der Waals surface area contributed by atoms with Gasteiger partial charge in [0.15, 0.2) is 0 Å². The second-order valence-electron chi connectivity index (χ2n) is 7.28. The lowest BCUT2D eigenvalue weighted by molar-refractivity contribution is -0.139. The Balaban J connectivity index is 1.40. The molecule has 2 heterocycles. The molecule has 1 aromatic heterocycles. The zero-order valence-electron chi connectivity index (χ0n) is 17.3. The number of pyridine rings is 1. The van der Waals surface area contributed by atoms with Crippen molar-refractivity contribution in [2.24, 2.45) is 5.92 Å². The van der Waals surface area contributed by atoms with Crippen LogP contribution in [0.3, 0.4) is 0 Å². The highest BCUT2D eigenvalue weighted by Gasteiger charge is 2.29. The van der Waals surface area contributed by atoms with Crippen molar-refractivity contribution in [1.29, 1.82) is 0 Å². The molecular formula is C21H26N4O5S. The summed E-state index contributed by atoms with van der Waals surface area (Å²) >= 11 is 0. The lowest BCUT2D eigenvalue weighted by atomic mass is 9.98. The number of aromatic nitrogens is 1. The van der Waals surface area contributed by atoms with Crippen LogP contribution in [0.4, 0.5) is 0 Å². The first kappa shape index (κ1) is 22.7. The van der Waals surface area contributed by atoms with Gasteiger partial charge in [-0.25, -0.2) is 8.42 Å². The number of benzene rings is 1. The summed E-state index contributed by atoms with van der Waals surface area (Å²) in [5.41, 5.74) is 0.851. The molecule has 0 saturated carbocycles. The van der Waals surface area contributed by atoms with Crippen LogP contribution in [0.2, 0.25) is 0 Å². The zero-order chi connectivity index (χ0) is 22.3. The lowest BCUT2D eigenvalue weighted by Crippen LogP contribution is -2.44. The Morgan fingerprint density at radius 2 is 1.77 bits per heavy atom. The standard InChI is InChI=1S/C21H26N4O5S/c1-30-18-6-4-16(5-7-18)13-23-20(26)21(27)24-14-17-8-11-25(12-9-17)31(28,29)19-3-2-10-22-15-19/h2-7,10,15,17H,8-9,11-14H2,1H3,(H,23,26)(H,24,27). The first-order chi connectivity index (χ1) is 14.9. The Labute approximate surface area is 181 Å². The van der Waals surface area contributed by atoms with Gasteiger partial charge in [0.05, 0.1) is 7.11 Å². The molecule has 31 heavy (non-hydrogen) atoms. The van der Waals surface area contributed by atoms with Crippen LogP contribution in [-0.2, 0) is 26.2 Å². The van der Waals surface area contributed by atoms with E-state index in [1.807, 2.05) is 12.1 Å². The average Bonchev–Trinajstić information content (AvgIpc) is 2.82. The van der Waals surface area contributed by atoms with Gasteiger partial charge in [-0.1, -0.05) is 12.1 Å². The van der Waals surface area contributed by atoms with Crippen LogP contribution in [0.1, 0.15) is 18.4 Å². The summed E-state index contributed by atoms with van der Waals surface area (Å²) in [6.45, 7) is 1.29. The SMILES string of the molecule is COc1ccc(CNC(=O)C(=O)NCC2CCN(S(=O)(=O)c3cccnc3)CC2)cc1. The molecule has 0 radical (unpaired) electrons. The van der Waals surface area contributed by atoms with E-state index in [1.54, 1.807) is 25.3 Å². The van der Waals surface area contributed by atoms with Crippen molar-refractivity contribution in [3.05, 3.63) is 54.4 Å². The Bertz CT molecular complexity index is 988. The van der Waals surface area contributed by atoms with Gasteiger partial charge in [0.2, 0.25) is 10.0 Å². The molecule has 0 unspecified atom stereocenters. The molecule has 166 valence electrons. The van der Waals surface area contributed by atoms with Crippen molar-refractivity contribution in [2.75, 3.05) is 26.7 Å². The van der Waals surface area contributed by atoms with E-state index in [1.165, 1.54) is 22.8 Å². The molecule has 0 spiro atoms. The average molecular weight is 447 g/mol. The highest BCUT2D eigenvalue weighted by molar-refractivity contribution is 7.89. The lowest BCUT2D eigenvalue weighted by Gasteiger charge is -2.31. The number of ether oxygens (including phenoxy) is 1. The normalized spacial score (nSPS) is 15.3. The van der Waals surface area contributed by atoms with E-state index in [-0.39, 0.29) is 17.4 Å². The van der Waals surface area contributed by atoms with Gasteiger partial charge >= 0.3 is 11.8 Å². The fourth-order valence-corrected chi connectivity index (χ4v) is 4.76. The summed E-state index contributed by atoms with van der Waals surface area (Å²) < 4.78 is 31.8. The maximum absolute atomic E-state index is 12.6. The van der Waals surface area contributed by atoms with E-state index in [0.717, 1.165) is 5.56 Å². The molecule has 2 N–H and O–H groups in total. The number of piperidine rings is 1. The highest BCUT2D eigenvalue weighted by Crippen LogP contribution is 2.23. The number of nitrogens with zero attached hydrogens (tertiary/aromatic N) is 2. The van der Waals surface area contributed by atoms with Crippen LogP contribution in [0.5, 0.6) is 5.75 Å². The third-order valence-corrected chi connectivity index (χ3v) is 7.10. The van der Waals surface area contributed by atoms with E-state index < -0.39 is 21.8 Å². The molecule has 1 aromatic carbocycles. The van der Waals surface area contributed by atoms with Gasteiger partial charge in [0.1, 0.15) is 10.6 Å². The van der Waals surface area contributed by atoms with Crippen LogP contribution in [0, 0.1) is 5.92 Å². The minimum absolute atomic E-state index is 0.110. The van der Waals surface area contributed by atoms with Gasteiger partial charge in [-0.05, 0) is 48.6 Å². The van der Waals surface area contributed by atoms with E-state index >= 15 is 0 Å². The zero-order valence-corrected chi connectivity index (χ0v) is 18.1. The van der Waals surface area contributed by atoms with Crippen molar-refractivity contribution in [1.82, 2.24) is 19.9 Å². The molecule has 1 aliphatic heterocycles. The second-order valence-corrected chi connectivity index (χ2v) is 9.21. The monoisotopic (exact) mass is 446 g/mol. The summed E-state index contributed by atoms with van der Waals surface area (Å²) in [4.78, 5) is 28.1. The second kappa shape index (κ2) is 10.4. The Hall–Kier alpha value is -2.98. The van der Waals surface area contributed by atoms with E-state index in [0.29, 0.717) is 38.2 Å². The fourth-order valence-electron chi connectivity index (χ4n) is 3.33. The van der Waals surface area contributed by atoms with Crippen LogP contribution in [0.15, 0.2) is 53.7 Å². The third kappa shape index (κ3) is 6.02. The number of carbonyl (C=O) groups is 2. The van der Waals surface area contributed by atoms with Gasteiger partial charge in [0.25, 0.3) is 0 Å². The number of amides is 2. The van der Waals surface area contributed by atoms with Crippen molar-refractivity contribution in [3.63, 3.8) is 0 Å². The number of carbonyl (C=O) groups excluding carboxylic acids is 2. The third-order valence-electron chi connectivity index (χ3n) is 5.22. The number of nitrogens with one attached hydrogen (secondary N) is 2. The minimum atomic E-state index is -3.56. The van der Waals surface area contributed by atoms with Gasteiger partial charge < -0.3 is 15.4 Å². The molecule has 10 heteroatoms. The van der Waals surface area contributed by atoms with Gasteiger partial charge in [-0.2, -0.15) is 4.31 Å². The van der Waals surface area contributed by atoms with E-state index in [4.69, 9.17) is 4.74 Å². The topological polar surface area (TPSA) is 118 Å². The smallest absolute Gasteiger partial charge is 0.309 e. The van der Waals surface area contributed by atoms with Crippen molar-refractivity contribution in [3.8, 4) is 5.75 Å². The molecule has 3 rings (SSSR count). The van der Waals surface area contributed by atoms with E-state index in [9.17, 15) is 18.0 Å². The molecule has 1 saturated heterocycles. The molecule has 0 aliphatic carbocycles. The molecule has 2 aromatic rings. The van der Waals surface area contributed by atoms with Crippen LogP contribution >= 0.6 is 0 Å². The van der Waals surface area contributed by atoms with Crippen LogP contribution in [0.25, 0.3) is 0 Å². The predicted molar refractivity (Wildman–Crippen MR) is 114 cm³/mol. The Kier molecular flexibility index (Phi) is 7.59. The summed E-state index contributed by atoms with van der Waals surface area (Å²) in [6, 6.07) is 10.3. The molecule has 1 fully saturated rings. The quantitative estimate of drug-likeness (QED) is 0.611. The van der Waals surface area contributed by atoms with Crippen LogP contribution < -0.4 is 15.4 Å². The number of rotatable bonds is 7. The number of hydrogen-bond acceptors (Lipinski definition) is 6.